The van der Waals surface area contributed by atoms with Crippen molar-refractivity contribution in [2.45, 2.75) is 19.9 Å². The Morgan fingerprint density at radius 2 is 1.65 bits per heavy atom. The maximum absolute atomic E-state index is 13.9. The average Bonchev–Trinajstić information content (AvgIpc) is 2.68. The Labute approximate surface area is 188 Å². The molecule has 2 rings (SSSR count). The standard InChI is InChI=1S/C21H21Cl2F2N3O3/c1-11(2)19(27-20(30)18-15(24)5-4-6-16(18)25)21(31)28(3)10-17(29)26-12-7-8-13(22)14(23)9-12/h4-9,11,19H,10H2,1-3H3,(H,26,29)(H,27,30)/t19-/m0/s1. The molecule has 2 aromatic rings. The Bertz CT molecular complexity index is 982. The van der Waals surface area contributed by atoms with Crippen LogP contribution in [0.25, 0.3) is 0 Å². The molecule has 10 heteroatoms. The predicted molar refractivity (Wildman–Crippen MR) is 115 cm³/mol. The number of halogens is 4. The number of rotatable bonds is 7. The molecule has 0 heterocycles. The zero-order chi connectivity index (χ0) is 23.3. The molecule has 166 valence electrons. The number of amides is 3. The lowest BCUT2D eigenvalue weighted by Gasteiger charge is -2.27. The molecule has 0 spiro atoms. The summed E-state index contributed by atoms with van der Waals surface area (Å²) in [5.41, 5.74) is -0.384. The number of carbonyl (C=O) groups is 3. The fraction of sp³-hybridized carbons (Fsp3) is 0.286. The lowest BCUT2D eigenvalue weighted by Crippen LogP contribution is -2.51. The summed E-state index contributed by atoms with van der Waals surface area (Å²) in [6, 6.07) is 6.45. The molecule has 6 nitrogen and oxygen atoms in total. The zero-order valence-electron chi connectivity index (χ0n) is 17.0. The monoisotopic (exact) mass is 471 g/mol. The van der Waals surface area contributed by atoms with Gasteiger partial charge in [0.1, 0.15) is 23.2 Å². The van der Waals surface area contributed by atoms with Gasteiger partial charge in [0.15, 0.2) is 0 Å². The van der Waals surface area contributed by atoms with E-state index in [2.05, 4.69) is 10.6 Å². The molecule has 0 aromatic heterocycles. The van der Waals surface area contributed by atoms with Gasteiger partial charge < -0.3 is 15.5 Å². The van der Waals surface area contributed by atoms with E-state index in [1.54, 1.807) is 19.9 Å². The lowest BCUT2D eigenvalue weighted by atomic mass is 10.0. The number of hydrogen-bond acceptors (Lipinski definition) is 3. The van der Waals surface area contributed by atoms with Crippen molar-refractivity contribution in [3.05, 3.63) is 63.6 Å². The van der Waals surface area contributed by atoms with E-state index in [0.29, 0.717) is 10.7 Å². The first-order valence-corrected chi connectivity index (χ1v) is 10.0. The van der Waals surface area contributed by atoms with Crippen molar-refractivity contribution in [2.24, 2.45) is 5.92 Å². The lowest BCUT2D eigenvalue weighted by molar-refractivity contribution is -0.135. The van der Waals surface area contributed by atoms with Crippen LogP contribution in [0.5, 0.6) is 0 Å². The quantitative estimate of drug-likeness (QED) is 0.637. The smallest absolute Gasteiger partial charge is 0.257 e. The van der Waals surface area contributed by atoms with Crippen molar-refractivity contribution >= 4 is 46.6 Å². The van der Waals surface area contributed by atoms with E-state index in [4.69, 9.17) is 23.2 Å². The Balaban J connectivity index is 2.07. The normalized spacial score (nSPS) is 11.7. The molecular formula is C21H21Cl2F2N3O3. The van der Waals surface area contributed by atoms with Gasteiger partial charge in [-0.05, 0) is 36.2 Å². The second-order valence-corrected chi connectivity index (χ2v) is 7.98. The van der Waals surface area contributed by atoms with Crippen LogP contribution in [0.1, 0.15) is 24.2 Å². The van der Waals surface area contributed by atoms with Crippen molar-refractivity contribution in [3.63, 3.8) is 0 Å². The van der Waals surface area contributed by atoms with E-state index in [1.165, 1.54) is 19.2 Å². The molecule has 0 aliphatic carbocycles. The van der Waals surface area contributed by atoms with E-state index in [9.17, 15) is 23.2 Å². The van der Waals surface area contributed by atoms with Gasteiger partial charge in [-0.1, -0.05) is 43.1 Å². The van der Waals surface area contributed by atoms with Crippen LogP contribution < -0.4 is 10.6 Å². The summed E-state index contributed by atoms with van der Waals surface area (Å²) in [5, 5.41) is 5.52. The summed E-state index contributed by atoms with van der Waals surface area (Å²) in [6.45, 7) is 2.99. The summed E-state index contributed by atoms with van der Waals surface area (Å²) in [4.78, 5) is 38.6. The average molecular weight is 472 g/mol. The number of hydrogen-bond donors (Lipinski definition) is 2. The molecular weight excluding hydrogens is 451 g/mol. The minimum absolute atomic E-state index is 0.256. The van der Waals surface area contributed by atoms with E-state index >= 15 is 0 Å². The molecule has 0 aliphatic heterocycles. The number of nitrogens with zero attached hydrogens (tertiary/aromatic N) is 1. The van der Waals surface area contributed by atoms with E-state index < -0.39 is 46.9 Å². The minimum Gasteiger partial charge on any atom is -0.340 e. The van der Waals surface area contributed by atoms with E-state index in [0.717, 1.165) is 23.1 Å². The fourth-order valence-corrected chi connectivity index (χ4v) is 3.04. The van der Waals surface area contributed by atoms with Gasteiger partial charge in [-0.15, -0.1) is 0 Å². The molecule has 0 saturated carbocycles. The van der Waals surface area contributed by atoms with Crippen LogP contribution in [0.4, 0.5) is 14.5 Å². The fourth-order valence-electron chi connectivity index (χ4n) is 2.75. The van der Waals surface area contributed by atoms with Gasteiger partial charge in [-0.3, -0.25) is 14.4 Å². The largest absolute Gasteiger partial charge is 0.340 e. The van der Waals surface area contributed by atoms with Crippen LogP contribution in [-0.4, -0.2) is 42.3 Å². The summed E-state index contributed by atoms with van der Waals surface area (Å²) >= 11 is 11.7. The van der Waals surface area contributed by atoms with Crippen LogP contribution in [-0.2, 0) is 9.59 Å². The van der Waals surface area contributed by atoms with Crippen LogP contribution in [0.2, 0.25) is 10.0 Å². The third kappa shape index (κ3) is 6.38. The van der Waals surface area contributed by atoms with Gasteiger partial charge >= 0.3 is 0 Å². The van der Waals surface area contributed by atoms with Crippen molar-refractivity contribution in [1.82, 2.24) is 10.2 Å². The maximum Gasteiger partial charge on any atom is 0.257 e. The Hall–Kier alpha value is -2.71. The molecule has 3 amide bonds. The second kappa shape index (κ2) is 10.5. The first-order valence-electron chi connectivity index (χ1n) is 9.26. The number of benzene rings is 2. The number of anilines is 1. The number of nitrogens with one attached hydrogen (secondary N) is 2. The van der Waals surface area contributed by atoms with Crippen LogP contribution in [0.3, 0.4) is 0 Å². The molecule has 0 saturated heterocycles. The van der Waals surface area contributed by atoms with Crippen LogP contribution in [0.15, 0.2) is 36.4 Å². The van der Waals surface area contributed by atoms with Crippen molar-refractivity contribution in [3.8, 4) is 0 Å². The number of likely N-dealkylation sites (N-methyl/N-ethyl adjacent to an activating group) is 1. The molecule has 0 radical (unpaired) electrons. The van der Waals surface area contributed by atoms with E-state index in [1.807, 2.05) is 0 Å². The van der Waals surface area contributed by atoms with E-state index in [-0.39, 0.29) is 11.6 Å². The van der Waals surface area contributed by atoms with Crippen molar-refractivity contribution in [1.29, 1.82) is 0 Å². The van der Waals surface area contributed by atoms with Gasteiger partial charge in [0.2, 0.25) is 11.8 Å². The second-order valence-electron chi connectivity index (χ2n) is 7.16. The first kappa shape index (κ1) is 24.6. The molecule has 31 heavy (non-hydrogen) atoms. The van der Waals surface area contributed by atoms with Crippen LogP contribution in [0, 0.1) is 17.6 Å². The summed E-state index contributed by atoms with van der Waals surface area (Å²) < 4.78 is 27.8. The van der Waals surface area contributed by atoms with Gasteiger partial charge in [0.25, 0.3) is 5.91 Å². The minimum atomic E-state index is -1.10. The Kier molecular flexibility index (Phi) is 8.36. The van der Waals surface area contributed by atoms with Crippen molar-refractivity contribution < 1.29 is 23.2 Å². The zero-order valence-corrected chi connectivity index (χ0v) is 18.5. The summed E-state index contributed by atoms with van der Waals surface area (Å²) in [6.07, 6.45) is 0. The molecule has 2 aromatic carbocycles. The van der Waals surface area contributed by atoms with Gasteiger partial charge in [-0.25, -0.2) is 8.78 Å². The first-order chi connectivity index (χ1) is 14.5. The highest BCUT2D eigenvalue weighted by Crippen LogP contribution is 2.25. The van der Waals surface area contributed by atoms with Crippen molar-refractivity contribution in [2.75, 3.05) is 18.9 Å². The highest BCUT2D eigenvalue weighted by atomic mass is 35.5. The molecule has 0 bridgehead atoms. The Morgan fingerprint density at radius 1 is 1.03 bits per heavy atom. The Morgan fingerprint density at radius 3 is 2.19 bits per heavy atom. The molecule has 0 aliphatic rings. The third-order valence-electron chi connectivity index (χ3n) is 4.37. The summed E-state index contributed by atoms with van der Waals surface area (Å²) in [5.74, 6) is -4.65. The predicted octanol–water partition coefficient (Wildman–Crippen LogP) is 4.12. The summed E-state index contributed by atoms with van der Waals surface area (Å²) in [7, 11) is 1.38. The van der Waals surface area contributed by atoms with Gasteiger partial charge in [0.05, 0.1) is 16.6 Å². The highest BCUT2D eigenvalue weighted by molar-refractivity contribution is 6.42. The SMILES string of the molecule is CC(C)[C@H](NC(=O)c1c(F)cccc1F)C(=O)N(C)CC(=O)Nc1ccc(Cl)c(Cl)c1. The number of carbonyl (C=O) groups excluding carboxylic acids is 3. The third-order valence-corrected chi connectivity index (χ3v) is 5.11. The van der Waals surface area contributed by atoms with Gasteiger partial charge in [-0.2, -0.15) is 0 Å². The highest BCUT2D eigenvalue weighted by Gasteiger charge is 2.30. The molecule has 1 atom stereocenters. The van der Waals surface area contributed by atoms with Crippen LogP contribution >= 0.6 is 23.2 Å². The molecule has 0 unspecified atom stereocenters. The maximum atomic E-state index is 13.9. The topological polar surface area (TPSA) is 78.5 Å². The molecule has 0 fully saturated rings. The molecule has 2 N–H and O–H groups in total. The van der Waals surface area contributed by atoms with Gasteiger partial charge in [0, 0.05) is 12.7 Å².